The van der Waals surface area contributed by atoms with Crippen molar-refractivity contribution in [3.63, 3.8) is 0 Å². The first kappa shape index (κ1) is 6.46. The number of ketones is 1. The van der Waals surface area contributed by atoms with Gasteiger partial charge in [0.2, 0.25) is 0 Å². The summed E-state index contributed by atoms with van der Waals surface area (Å²) < 4.78 is 6.95. The smallest absolute Gasteiger partial charge is 0.130 e. The standard InChI is InChI=1S/C7H12O2/c1-6(3-4-8)5-7(2)9/h4,6H,3,5H2,1-2H3/i1D. The molecule has 0 fully saturated rings. The van der Waals surface area contributed by atoms with Gasteiger partial charge in [-0.25, -0.2) is 0 Å². The zero-order valence-electron chi connectivity index (χ0n) is 6.59. The van der Waals surface area contributed by atoms with Crippen LogP contribution in [0.15, 0.2) is 0 Å². The van der Waals surface area contributed by atoms with Gasteiger partial charge in [-0.3, -0.25) is 0 Å². The van der Waals surface area contributed by atoms with E-state index in [4.69, 9.17) is 1.37 Å². The lowest BCUT2D eigenvalue weighted by molar-refractivity contribution is -0.118. The number of aldehydes is 1. The van der Waals surface area contributed by atoms with Gasteiger partial charge in [0.05, 0.1) is 0 Å². The van der Waals surface area contributed by atoms with Crippen molar-refractivity contribution in [2.75, 3.05) is 0 Å². The molecule has 0 radical (unpaired) electrons. The Morgan fingerprint density at radius 3 is 2.89 bits per heavy atom. The van der Waals surface area contributed by atoms with Crippen LogP contribution < -0.4 is 0 Å². The minimum atomic E-state index is -0.0602. The highest BCUT2D eigenvalue weighted by Gasteiger charge is 2.02. The lowest BCUT2D eigenvalue weighted by Crippen LogP contribution is -2.01. The summed E-state index contributed by atoms with van der Waals surface area (Å²) in [6.45, 7) is 1.64. The van der Waals surface area contributed by atoms with Crippen LogP contribution in [0, 0.1) is 5.92 Å². The van der Waals surface area contributed by atoms with Crippen molar-refractivity contribution in [2.24, 2.45) is 5.92 Å². The summed E-state index contributed by atoms with van der Waals surface area (Å²) >= 11 is 0. The van der Waals surface area contributed by atoms with Crippen LogP contribution in [-0.2, 0) is 9.59 Å². The molecule has 0 bridgehead atoms. The van der Waals surface area contributed by atoms with Crippen molar-refractivity contribution in [1.29, 1.82) is 0 Å². The number of hydrogen-bond acceptors (Lipinski definition) is 2. The summed E-state index contributed by atoms with van der Waals surface area (Å²) in [5.74, 6) is -0.00546. The predicted molar refractivity (Wildman–Crippen MR) is 35.1 cm³/mol. The monoisotopic (exact) mass is 129 g/mol. The molecule has 0 aromatic heterocycles. The first-order valence-electron chi connectivity index (χ1n) is 3.63. The third-order valence-electron chi connectivity index (χ3n) is 1.01. The maximum atomic E-state index is 10.5. The molecule has 0 saturated heterocycles. The van der Waals surface area contributed by atoms with Gasteiger partial charge in [0.1, 0.15) is 12.1 Å². The van der Waals surface area contributed by atoms with Crippen LogP contribution in [0.2, 0.25) is 0 Å². The molecule has 9 heavy (non-hydrogen) atoms. The Hall–Kier alpha value is -0.660. The zero-order valence-corrected chi connectivity index (χ0v) is 5.59. The summed E-state index contributed by atoms with van der Waals surface area (Å²) in [4.78, 5) is 20.4. The maximum Gasteiger partial charge on any atom is 0.130 e. The molecule has 0 saturated carbocycles. The molecule has 0 aliphatic carbocycles. The van der Waals surface area contributed by atoms with Crippen LogP contribution in [0.4, 0.5) is 0 Å². The lowest BCUT2D eigenvalue weighted by atomic mass is 10.0. The van der Waals surface area contributed by atoms with Gasteiger partial charge in [-0.2, -0.15) is 0 Å². The third-order valence-corrected chi connectivity index (χ3v) is 1.01. The molecule has 0 aliphatic heterocycles. The Morgan fingerprint density at radius 1 is 1.89 bits per heavy atom. The van der Waals surface area contributed by atoms with E-state index in [0.717, 1.165) is 6.29 Å². The molecule has 2 heteroatoms. The van der Waals surface area contributed by atoms with Crippen molar-refractivity contribution >= 4 is 12.1 Å². The molecule has 0 heterocycles. The number of carbonyl (C=O) groups excluding carboxylic acids is 2. The number of rotatable bonds is 4. The van der Waals surface area contributed by atoms with Crippen LogP contribution in [0.25, 0.3) is 0 Å². The fourth-order valence-corrected chi connectivity index (χ4v) is 0.626. The minimum Gasteiger partial charge on any atom is -0.303 e. The van der Waals surface area contributed by atoms with E-state index in [2.05, 4.69) is 0 Å². The second-order valence-electron chi connectivity index (χ2n) is 2.17. The SMILES string of the molecule is [2H]CC(CC=O)CC(C)=O. The molecule has 0 spiro atoms. The van der Waals surface area contributed by atoms with Gasteiger partial charge in [-0.1, -0.05) is 6.90 Å². The molecule has 0 aliphatic rings. The van der Waals surface area contributed by atoms with Crippen molar-refractivity contribution in [3.8, 4) is 0 Å². The molecular formula is C7H12O2. The Morgan fingerprint density at radius 2 is 2.56 bits per heavy atom. The Balaban J connectivity index is 3.59. The van der Waals surface area contributed by atoms with E-state index in [1.54, 1.807) is 0 Å². The highest BCUT2D eigenvalue weighted by Crippen LogP contribution is 2.04. The van der Waals surface area contributed by atoms with Crippen LogP contribution >= 0.6 is 0 Å². The summed E-state index contributed by atoms with van der Waals surface area (Å²) in [6.07, 6.45) is 1.47. The van der Waals surface area contributed by atoms with Gasteiger partial charge in [0.25, 0.3) is 0 Å². The van der Waals surface area contributed by atoms with Crippen LogP contribution in [0.5, 0.6) is 0 Å². The van der Waals surface area contributed by atoms with Gasteiger partial charge in [-0.15, -0.1) is 0 Å². The van der Waals surface area contributed by atoms with E-state index < -0.39 is 0 Å². The second kappa shape index (κ2) is 4.24. The van der Waals surface area contributed by atoms with Gasteiger partial charge in [0, 0.05) is 14.2 Å². The van der Waals surface area contributed by atoms with Gasteiger partial charge in [0.15, 0.2) is 0 Å². The fourth-order valence-electron chi connectivity index (χ4n) is 0.626. The highest BCUT2D eigenvalue weighted by molar-refractivity contribution is 5.76. The second-order valence-corrected chi connectivity index (χ2v) is 2.17. The van der Waals surface area contributed by atoms with E-state index in [-0.39, 0.29) is 18.6 Å². The average molecular weight is 129 g/mol. The van der Waals surface area contributed by atoms with Gasteiger partial charge >= 0.3 is 0 Å². The van der Waals surface area contributed by atoms with E-state index in [1.165, 1.54) is 6.92 Å². The van der Waals surface area contributed by atoms with Crippen LogP contribution in [-0.4, -0.2) is 12.1 Å². The molecular weight excluding hydrogens is 116 g/mol. The molecule has 0 aromatic rings. The summed E-state index contributed by atoms with van der Waals surface area (Å²) in [7, 11) is 0. The van der Waals surface area contributed by atoms with Crippen molar-refractivity contribution in [3.05, 3.63) is 0 Å². The maximum absolute atomic E-state index is 10.5. The predicted octanol–water partition coefficient (Wildman–Crippen LogP) is 1.19. The molecule has 0 aromatic carbocycles. The summed E-state index contributed by atoms with van der Waals surface area (Å²) in [6, 6.07) is 0. The molecule has 1 atom stereocenters. The van der Waals surface area contributed by atoms with E-state index in [1.807, 2.05) is 0 Å². The lowest BCUT2D eigenvalue weighted by Gasteiger charge is -2.01. The van der Waals surface area contributed by atoms with Crippen LogP contribution in [0.3, 0.4) is 0 Å². The third kappa shape index (κ3) is 5.21. The molecule has 52 valence electrons. The van der Waals surface area contributed by atoms with Crippen LogP contribution in [0.1, 0.15) is 28.0 Å². The quantitative estimate of drug-likeness (QED) is 0.534. The molecule has 0 amide bonds. The number of carbonyl (C=O) groups is 2. The first-order valence-corrected chi connectivity index (χ1v) is 2.93. The normalized spacial score (nSPS) is 14.1. The van der Waals surface area contributed by atoms with E-state index >= 15 is 0 Å². The van der Waals surface area contributed by atoms with Crippen molar-refractivity contribution in [2.45, 2.75) is 26.7 Å². The molecule has 2 nitrogen and oxygen atoms in total. The molecule has 1 unspecified atom stereocenters. The molecule has 0 N–H and O–H groups in total. The fraction of sp³-hybridized carbons (Fsp3) is 0.714. The Kier molecular flexibility index (Phi) is 3.04. The zero-order chi connectivity index (χ0) is 7.98. The Labute approximate surface area is 56.7 Å². The van der Waals surface area contributed by atoms with E-state index in [0.29, 0.717) is 12.8 Å². The number of Topliss-reactive ketones (excluding diaryl/α,β-unsaturated/α-hetero) is 1. The topological polar surface area (TPSA) is 34.1 Å². The average Bonchev–Trinajstić information content (AvgIpc) is 1.86. The minimum absolute atomic E-state index is 0.0547. The highest BCUT2D eigenvalue weighted by atomic mass is 16.1. The number of hydrogen-bond donors (Lipinski definition) is 0. The summed E-state index contributed by atoms with van der Waals surface area (Å²) in [5, 5.41) is 0. The largest absolute Gasteiger partial charge is 0.303 e. The summed E-state index contributed by atoms with van der Waals surface area (Å²) in [5.41, 5.74) is 0. The first-order chi connectivity index (χ1) is 4.70. The molecule has 0 rings (SSSR count). The van der Waals surface area contributed by atoms with Gasteiger partial charge < -0.3 is 9.59 Å². The Bertz CT molecular complexity index is 123. The van der Waals surface area contributed by atoms with Crippen molar-refractivity contribution < 1.29 is 11.0 Å². The van der Waals surface area contributed by atoms with Gasteiger partial charge in [-0.05, 0) is 12.8 Å². The van der Waals surface area contributed by atoms with Crippen molar-refractivity contribution in [1.82, 2.24) is 0 Å². The van der Waals surface area contributed by atoms with E-state index in [9.17, 15) is 9.59 Å².